The van der Waals surface area contributed by atoms with Crippen molar-refractivity contribution in [3.05, 3.63) is 57.4 Å². The van der Waals surface area contributed by atoms with Gasteiger partial charge in [-0.3, -0.25) is 5.73 Å². The van der Waals surface area contributed by atoms with Crippen LogP contribution in [-0.4, -0.2) is 0 Å². The first-order chi connectivity index (χ1) is 10.1. The zero-order valence-electron chi connectivity index (χ0n) is 11.5. The Kier molecular flexibility index (Phi) is 2.81. The third kappa shape index (κ3) is 2.13. The summed E-state index contributed by atoms with van der Waals surface area (Å²) in [6, 6.07) is 12.8. The first-order valence-electron chi connectivity index (χ1n) is 6.81. The molecule has 1 aliphatic carbocycles. The molecule has 0 saturated heterocycles. The lowest BCUT2D eigenvalue weighted by molar-refractivity contribution is -0.340. The number of H-pyrrole nitrogens is 1. The number of nitrogens with two attached hydrogens (primary N) is 1. The summed E-state index contributed by atoms with van der Waals surface area (Å²) in [5.41, 5.74) is 13.2. The van der Waals surface area contributed by atoms with Crippen LogP contribution in [0.15, 0.2) is 36.4 Å². The van der Waals surface area contributed by atoms with E-state index in [9.17, 15) is 0 Å². The summed E-state index contributed by atoms with van der Waals surface area (Å²) in [5, 5.41) is 1.56. The highest BCUT2D eigenvalue weighted by Gasteiger charge is 2.25. The number of aromatic amines is 1. The van der Waals surface area contributed by atoms with E-state index in [4.69, 9.17) is 17.3 Å². The van der Waals surface area contributed by atoms with E-state index >= 15 is 0 Å². The lowest BCUT2D eigenvalue weighted by atomic mass is 9.99. The third-order valence-electron chi connectivity index (χ3n) is 3.86. The van der Waals surface area contributed by atoms with Gasteiger partial charge in [0.05, 0.1) is 4.88 Å². The molecule has 2 nitrogen and oxygen atoms in total. The number of halogens is 1. The summed E-state index contributed by atoms with van der Waals surface area (Å²) in [6.45, 7) is 2.07. The number of fused-ring (bicyclic) bond motifs is 3. The molecule has 2 aromatic carbocycles. The molecule has 0 bridgehead atoms. The second kappa shape index (κ2) is 4.58. The molecule has 0 aliphatic heterocycles. The number of hydrogen-bond donors (Lipinski definition) is 1. The molecule has 0 spiro atoms. The molecule has 0 radical (unpaired) electrons. The first-order valence-corrected chi connectivity index (χ1v) is 8.01. The molecule has 21 heavy (non-hydrogen) atoms. The van der Waals surface area contributed by atoms with Crippen molar-refractivity contribution in [2.75, 3.05) is 5.73 Å². The van der Waals surface area contributed by atoms with Crippen LogP contribution < -0.4 is 10.7 Å². The number of nitrogens with one attached hydrogen (secondary N) is 1. The molecule has 0 amide bonds. The normalized spacial score (nSPS) is 12.3. The molecule has 0 unspecified atom stereocenters. The van der Waals surface area contributed by atoms with Crippen LogP contribution in [0.2, 0.25) is 5.02 Å². The molecule has 1 aromatic heterocycles. The predicted molar refractivity (Wildman–Crippen MR) is 88.7 cm³/mol. The van der Waals surface area contributed by atoms with Crippen molar-refractivity contribution in [1.82, 2.24) is 0 Å². The minimum absolute atomic E-state index is 0.778. The van der Waals surface area contributed by atoms with Gasteiger partial charge in [0, 0.05) is 17.0 Å². The Morgan fingerprint density at radius 3 is 2.81 bits per heavy atom. The molecule has 4 rings (SSSR count). The van der Waals surface area contributed by atoms with Gasteiger partial charge in [0.2, 0.25) is 0 Å². The van der Waals surface area contributed by atoms with Gasteiger partial charge < -0.3 is 0 Å². The zero-order valence-corrected chi connectivity index (χ0v) is 13.1. The molecule has 3 N–H and O–H groups in total. The monoisotopic (exact) mass is 313 g/mol. The Bertz CT molecular complexity index is 847. The van der Waals surface area contributed by atoms with Crippen molar-refractivity contribution in [3.8, 4) is 22.4 Å². The fraction of sp³-hybridized carbons (Fsp3) is 0.118. The van der Waals surface area contributed by atoms with Crippen LogP contribution in [0.5, 0.6) is 0 Å². The minimum atomic E-state index is 0.778. The second-order valence-electron chi connectivity index (χ2n) is 5.46. The van der Waals surface area contributed by atoms with Crippen molar-refractivity contribution in [2.24, 2.45) is 0 Å². The molecule has 0 saturated carbocycles. The highest BCUT2D eigenvalue weighted by molar-refractivity contribution is 7.15. The van der Waals surface area contributed by atoms with Gasteiger partial charge in [0.1, 0.15) is 5.69 Å². The molecule has 1 heterocycles. The molecule has 104 valence electrons. The fourth-order valence-electron chi connectivity index (χ4n) is 2.98. The summed E-state index contributed by atoms with van der Waals surface area (Å²) in [5.74, 6) is 0. The number of hydrogen-bond acceptors (Lipinski definition) is 2. The van der Waals surface area contributed by atoms with Crippen LogP contribution in [-0.2, 0) is 6.42 Å². The average Bonchev–Trinajstić information content (AvgIpc) is 2.92. The number of aromatic nitrogens is 1. The second-order valence-corrected chi connectivity index (χ2v) is 7.03. The smallest absolute Gasteiger partial charge is 0.278 e. The Morgan fingerprint density at radius 2 is 2.00 bits per heavy atom. The van der Waals surface area contributed by atoms with E-state index in [0.29, 0.717) is 0 Å². The van der Waals surface area contributed by atoms with Crippen molar-refractivity contribution in [2.45, 2.75) is 13.3 Å². The van der Waals surface area contributed by atoms with Crippen LogP contribution in [0.3, 0.4) is 0 Å². The largest absolute Gasteiger partial charge is 0.330 e. The van der Waals surface area contributed by atoms with E-state index in [2.05, 4.69) is 36.2 Å². The van der Waals surface area contributed by atoms with Crippen molar-refractivity contribution >= 4 is 28.1 Å². The van der Waals surface area contributed by atoms with Crippen LogP contribution in [0.1, 0.15) is 16.0 Å². The number of aryl methyl sites for hydroxylation is 1. The highest BCUT2D eigenvalue weighted by Crippen LogP contribution is 2.39. The summed E-state index contributed by atoms with van der Waals surface area (Å²) in [6.07, 6.45) is 0.955. The van der Waals surface area contributed by atoms with Crippen molar-refractivity contribution in [3.63, 3.8) is 0 Å². The fourth-order valence-corrected chi connectivity index (χ4v) is 4.18. The maximum absolute atomic E-state index is 6.17. The van der Waals surface area contributed by atoms with Gasteiger partial charge in [-0.25, -0.2) is 4.98 Å². The highest BCUT2D eigenvalue weighted by atomic mass is 35.5. The number of anilines is 1. The van der Waals surface area contributed by atoms with Crippen LogP contribution in [0.4, 0.5) is 5.13 Å². The zero-order chi connectivity index (χ0) is 14.6. The van der Waals surface area contributed by atoms with Crippen LogP contribution in [0.25, 0.3) is 22.4 Å². The van der Waals surface area contributed by atoms with Gasteiger partial charge in [-0.1, -0.05) is 41.1 Å². The Labute approximate surface area is 132 Å². The van der Waals surface area contributed by atoms with Gasteiger partial charge in [-0.05, 0) is 47.4 Å². The van der Waals surface area contributed by atoms with E-state index in [1.165, 1.54) is 38.4 Å². The van der Waals surface area contributed by atoms with Gasteiger partial charge >= 0.3 is 5.13 Å². The SMILES string of the molecule is Cc1cc(Cl)cc(-c2ccc3c(c2)Cc2sc(N)[nH+]c2-3)c1. The van der Waals surface area contributed by atoms with E-state index in [1.807, 2.05) is 12.1 Å². The molecule has 0 atom stereocenters. The van der Waals surface area contributed by atoms with Gasteiger partial charge in [-0.2, -0.15) is 0 Å². The molecule has 1 aliphatic rings. The number of nitrogen functional groups attached to an aromatic ring is 1. The minimum Gasteiger partial charge on any atom is -0.278 e. The Morgan fingerprint density at radius 1 is 1.14 bits per heavy atom. The Hall–Kier alpha value is -1.84. The number of rotatable bonds is 1. The summed E-state index contributed by atoms with van der Waals surface area (Å²) < 4.78 is 0. The van der Waals surface area contributed by atoms with E-state index in [-0.39, 0.29) is 0 Å². The maximum atomic E-state index is 6.17. The molecular weight excluding hydrogens is 300 g/mol. The van der Waals surface area contributed by atoms with E-state index in [1.54, 1.807) is 11.3 Å². The predicted octanol–water partition coefficient (Wildman–Crippen LogP) is 4.34. The third-order valence-corrected chi connectivity index (χ3v) is 5.00. The lowest BCUT2D eigenvalue weighted by Crippen LogP contribution is -2.06. The molecular formula is C17H14ClN2S+. The summed E-state index contributed by atoms with van der Waals surface area (Å²) in [4.78, 5) is 4.59. The van der Waals surface area contributed by atoms with Crippen molar-refractivity contribution in [1.29, 1.82) is 0 Å². The molecule has 0 fully saturated rings. The average molecular weight is 314 g/mol. The topological polar surface area (TPSA) is 40.2 Å². The quantitative estimate of drug-likeness (QED) is 0.558. The maximum Gasteiger partial charge on any atom is 0.330 e. The lowest BCUT2D eigenvalue weighted by Gasteiger charge is -2.07. The molecule has 4 heteroatoms. The van der Waals surface area contributed by atoms with Gasteiger partial charge in [-0.15, -0.1) is 0 Å². The van der Waals surface area contributed by atoms with Gasteiger partial charge in [0.25, 0.3) is 0 Å². The van der Waals surface area contributed by atoms with Gasteiger partial charge in [0.15, 0.2) is 0 Å². The standard InChI is InChI=1S/C17H13ClN2S/c1-9-4-11(7-13(18)5-9)10-2-3-14-12(6-10)8-15-16(14)20-17(19)21-15/h2-7H,8H2,1H3,(H2,19,20)/p+1. The number of benzene rings is 2. The van der Waals surface area contributed by atoms with E-state index in [0.717, 1.165) is 16.6 Å². The molecule has 3 aromatic rings. The van der Waals surface area contributed by atoms with Crippen LogP contribution in [0, 0.1) is 6.92 Å². The first kappa shape index (κ1) is 12.9. The van der Waals surface area contributed by atoms with E-state index < -0.39 is 0 Å². The Balaban J connectivity index is 1.82. The number of thiazole rings is 1. The summed E-state index contributed by atoms with van der Waals surface area (Å²) in [7, 11) is 0. The van der Waals surface area contributed by atoms with Crippen LogP contribution >= 0.6 is 22.9 Å². The summed E-state index contributed by atoms with van der Waals surface area (Å²) >= 11 is 7.81. The van der Waals surface area contributed by atoms with Crippen molar-refractivity contribution < 1.29 is 4.98 Å².